The van der Waals surface area contributed by atoms with Gasteiger partial charge in [0.2, 0.25) is 5.95 Å². The summed E-state index contributed by atoms with van der Waals surface area (Å²) < 4.78 is 7.52. The van der Waals surface area contributed by atoms with Crippen LogP contribution in [0.2, 0.25) is 5.15 Å². The summed E-state index contributed by atoms with van der Waals surface area (Å²) in [6, 6.07) is 2.03. The van der Waals surface area contributed by atoms with Crippen molar-refractivity contribution in [2.75, 3.05) is 12.8 Å². The maximum Gasteiger partial charge on any atom is 0.222 e. The van der Waals surface area contributed by atoms with E-state index < -0.39 is 0 Å². The minimum atomic E-state index is 0.292. The van der Waals surface area contributed by atoms with Crippen LogP contribution >= 0.6 is 11.6 Å². The summed E-state index contributed by atoms with van der Waals surface area (Å²) in [5.41, 5.74) is 10.4. The van der Waals surface area contributed by atoms with Gasteiger partial charge < -0.3 is 15.0 Å². The molecule has 3 aromatic rings. The van der Waals surface area contributed by atoms with Crippen molar-refractivity contribution in [3.05, 3.63) is 39.9 Å². The number of hydrogen-bond acceptors (Lipinski definition) is 5. The Balaban J connectivity index is 2.09. The van der Waals surface area contributed by atoms with E-state index in [2.05, 4.69) is 21.9 Å². The summed E-state index contributed by atoms with van der Waals surface area (Å²) in [5.74, 6) is 1.06. The minimum absolute atomic E-state index is 0.292. The third-order valence-electron chi connectivity index (χ3n) is 4.38. The van der Waals surface area contributed by atoms with Gasteiger partial charge in [-0.2, -0.15) is 4.98 Å². The number of nitrogens with zero attached hydrogens (tertiary/aromatic N) is 4. The Kier molecular flexibility index (Phi) is 4.81. The number of halogens is 1. The third kappa shape index (κ3) is 3.14. The van der Waals surface area contributed by atoms with Crippen molar-refractivity contribution in [1.82, 2.24) is 19.5 Å². The van der Waals surface area contributed by atoms with Crippen molar-refractivity contribution >= 4 is 28.6 Å². The molecule has 7 heteroatoms. The summed E-state index contributed by atoms with van der Waals surface area (Å²) in [6.07, 6.45) is 3.86. The summed E-state index contributed by atoms with van der Waals surface area (Å²) >= 11 is 6.27. The quantitative estimate of drug-likeness (QED) is 0.703. The molecule has 0 unspecified atom stereocenters. The lowest BCUT2D eigenvalue weighted by atomic mass is 10.1. The van der Waals surface area contributed by atoms with Crippen molar-refractivity contribution in [2.24, 2.45) is 0 Å². The van der Waals surface area contributed by atoms with E-state index in [4.69, 9.17) is 22.1 Å². The van der Waals surface area contributed by atoms with Crippen LogP contribution in [0.5, 0.6) is 5.75 Å². The van der Waals surface area contributed by atoms with E-state index in [-0.39, 0.29) is 0 Å². The highest BCUT2D eigenvalue weighted by Crippen LogP contribution is 2.30. The normalized spacial score (nSPS) is 11.2. The van der Waals surface area contributed by atoms with Crippen LogP contribution in [0, 0.1) is 13.8 Å². The van der Waals surface area contributed by atoms with Crippen LogP contribution < -0.4 is 10.5 Å². The molecular weight excluding hydrogens is 338 g/mol. The van der Waals surface area contributed by atoms with Crippen LogP contribution in [-0.2, 0) is 13.0 Å². The molecule has 132 valence electrons. The van der Waals surface area contributed by atoms with E-state index >= 15 is 0 Å². The van der Waals surface area contributed by atoms with Crippen LogP contribution in [0.15, 0.2) is 12.3 Å². The van der Waals surface area contributed by atoms with Crippen LogP contribution in [0.25, 0.3) is 11.0 Å². The summed E-state index contributed by atoms with van der Waals surface area (Å²) in [4.78, 5) is 13.3. The fourth-order valence-electron chi connectivity index (χ4n) is 3.11. The molecule has 0 amide bonds. The maximum absolute atomic E-state index is 6.27. The molecule has 0 spiro atoms. The van der Waals surface area contributed by atoms with Gasteiger partial charge in [0.05, 0.1) is 25.0 Å². The van der Waals surface area contributed by atoms with Gasteiger partial charge in [0.1, 0.15) is 16.5 Å². The highest BCUT2D eigenvalue weighted by atomic mass is 35.5. The fourth-order valence-corrected chi connectivity index (χ4v) is 3.30. The van der Waals surface area contributed by atoms with E-state index in [9.17, 15) is 0 Å². The van der Waals surface area contributed by atoms with Gasteiger partial charge in [-0.3, -0.25) is 0 Å². The number of ether oxygens (including phenoxy) is 1. The number of pyridine rings is 1. The fraction of sp³-hybridized carbons (Fsp3) is 0.389. The van der Waals surface area contributed by atoms with Crippen molar-refractivity contribution in [2.45, 2.75) is 40.2 Å². The Morgan fingerprint density at radius 1 is 1.16 bits per heavy atom. The van der Waals surface area contributed by atoms with E-state index in [0.29, 0.717) is 17.6 Å². The summed E-state index contributed by atoms with van der Waals surface area (Å²) in [5, 5.41) is 1.48. The lowest BCUT2D eigenvalue weighted by Crippen LogP contribution is -2.08. The highest BCUT2D eigenvalue weighted by molar-refractivity contribution is 6.30. The Morgan fingerprint density at radius 3 is 2.60 bits per heavy atom. The molecule has 3 rings (SSSR count). The van der Waals surface area contributed by atoms with Crippen molar-refractivity contribution in [3.63, 3.8) is 0 Å². The molecule has 3 aromatic heterocycles. The molecule has 0 fully saturated rings. The number of nitrogens with two attached hydrogens (primary N) is 1. The number of nitrogen functional groups attached to an aromatic ring is 1. The number of aryl methyl sites for hydroxylation is 1. The van der Waals surface area contributed by atoms with Gasteiger partial charge in [-0.05, 0) is 26.3 Å². The Morgan fingerprint density at radius 2 is 1.92 bits per heavy atom. The van der Waals surface area contributed by atoms with Crippen LogP contribution in [0.4, 0.5) is 5.95 Å². The van der Waals surface area contributed by atoms with Gasteiger partial charge >= 0.3 is 0 Å². The monoisotopic (exact) mass is 359 g/mol. The van der Waals surface area contributed by atoms with E-state index in [1.165, 1.54) is 0 Å². The number of rotatable bonds is 5. The number of fused-ring (bicyclic) bond motifs is 1. The molecule has 0 aliphatic heterocycles. The topological polar surface area (TPSA) is 78.9 Å². The lowest BCUT2D eigenvalue weighted by Gasteiger charge is -2.15. The number of methoxy groups -OCH3 is 1. The zero-order chi connectivity index (χ0) is 18.1. The van der Waals surface area contributed by atoms with Crippen LogP contribution in [-0.4, -0.2) is 26.6 Å². The molecule has 25 heavy (non-hydrogen) atoms. The molecule has 0 bridgehead atoms. The zero-order valence-electron chi connectivity index (χ0n) is 14.9. The largest absolute Gasteiger partial charge is 0.496 e. The third-order valence-corrected chi connectivity index (χ3v) is 4.75. The average Bonchev–Trinajstić information content (AvgIpc) is 2.96. The van der Waals surface area contributed by atoms with Crippen molar-refractivity contribution in [3.8, 4) is 5.75 Å². The molecule has 0 saturated carbocycles. The molecule has 0 aliphatic carbocycles. The predicted molar refractivity (Wildman–Crippen MR) is 100 cm³/mol. The molecule has 0 aromatic carbocycles. The zero-order valence-corrected chi connectivity index (χ0v) is 15.7. The molecule has 0 saturated heterocycles. The molecule has 2 N–H and O–H groups in total. The van der Waals surface area contributed by atoms with E-state index in [1.807, 2.05) is 30.7 Å². The van der Waals surface area contributed by atoms with Gasteiger partial charge in [0, 0.05) is 22.7 Å². The first kappa shape index (κ1) is 17.5. The Bertz CT molecular complexity index is 935. The lowest BCUT2D eigenvalue weighted by molar-refractivity contribution is 0.406. The first-order chi connectivity index (χ1) is 12.0. The summed E-state index contributed by atoms with van der Waals surface area (Å²) in [7, 11) is 1.64. The molecule has 0 aliphatic rings. The van der Waals surface area contributed by atoms with Gasteiger partial charge in [-0.25, -0.2) is 9.97 Å². The first-order valence-corrected chi connectivity index (χ1v) is 8.64. The van der Waals surface area contributed by atoms with Gasteiger partial charge in [-0.1, -0.05) is 24.9 Å². The molecule has 0 radical (unpaired) electrons. The standard InChI is InChI=1S/C18H22ClN5O/c1-5-6-13-12-7-8-24(17(12)23-18(20)22-13)9-14-10(2)15(25-4)11(3)16(19)21-14/h7-8H,5-6,9H2,1-4H3,(H2,20,22,23). The smallest absolute Gasteiger partial charge is 0.222 e. The Hall–Kier alpha value is -2.34. The minimum Gasteiger partial charge on any atom is -0.496 e. The van der Waals surface area contributed by atoms with E-state index in [1.54, 1.807) is 7.11 Å². The van der Waals surface area contributed by atoms with Gasteiger partial charge in [-0.15, -0.1) is 0 Å². The maximum atomic E-state index is 6.27. The second-order valence-electron chi connectivity index (χ2n) is 6.09. The molecular formula is C18H22ClN5O. The Labute approximate surface area is 152 Å². The average molecular weight is 360 g/mol. The predicted octanol–water partition coefficient (Wildman–Crippen LogP) is 3.69. The molecule has 6 nitrogen and oxygen atoms in total. The number of aromatic nitrogens is 4. The molecule has 0 atom stereocenters. The number of hydrogen-bond donors (Lipinski definition) is 1. The van der Waals surface area contributed by atoms with Crippen molar-refractivity contribution < 1.29 is 4.74 Å². The highest BCUT2D eigenvalue weighted by Gasteiger charge is 2.16. The second-order valence-corrected chi connectivity index (χ2v) is 6.45. The van der Waals surface area contributed by atoms with E-state index in [0.717, 1.165) is 52.1 Å². The first-order valence-electron chi connectivity index (χ1n) is 8.27. The van der Waals surface area contributed by atoms with Gasteiger partial charge in [0.25, 0.3) is 0 Å². The van der Waals surface area contributed by atoms with Crippen LogP contribution in [0.1, 0.15) is 35.9 Å². The summed E-state index contributed by atoms with van der Waals surface area (Å²) in [6.45, 7) is 6.55. The van der Waals surface area contributed by atoms with Crippen LogP contribution in [0.3, 0.4) is 0 Å². The van der Waals surface area contributed by atoms with Crippen molar-refractivity contribution in [1.29, 1.82) is 0 Å². The number of anilines is 1. The SMILES string of the molecule is CCCc1nc(N)nc2c1ccn2Cc1nc(Cl)c(C)c(OC)c1C. The second kappa shape index (κ2) is 6.88. The molecule has 3 heterocycles. The van der Waals surface area contributed by atoms with Gasteiger partial charge in [0.15, 0.2) is 0 Å².